The third-order valence-corrected chi connectivity index (χ3v) is 3.01. The molecule has 1 unspecified atom stereocenters. The van der Waals surface area contributed by atoms with Gasteiger partial charge in [-0.2, -0.15) is 0 Å². The van der Waals surface area contributed by atoms with E-state index in [4.69, 9.17) is 5.73 Å². The topological polar surface area (TPSA) is 69.2 Å². The molecule has 0 fully saturated rings. The highest BCUT2D eigenvalue weighted by atomic mass is 16.6. The number of rotatable bonds is 3. The molecule has 0 saturated heterocycles. The molecule has 1 atom stereocenters. The second-order valence-electron chi connectivity index (χ2n) is 4.24. The Morgan fingerprint density at radius 3 is 2.33 bits per heavy atom. The van der Waals surface area contributed by atoms with E-state index in [9.17, 15) is 10.1 Å². The molecule has 0 bridgehead atoms. The zero-order chi connectivity index (χ0) is 13.1. The van der Waals surface area contributed by atoms with Crippen LogP contribution in [0.4, 0.5) is 11.4 Å². The highest BCUT2D eigenvalue weighted by Gasteiger charge is 2.10. The average molecular weight is 242 g/mol. The number of non-ortho nitro benzene ring substituents is 1. The molecule has 0 saturated carbocycles. The van der Waals surface area contributed by atoms with Gasteiger partial charge in [0, 0.05) is 23.7 Å². The molecule has 0 amide bonds. The summed E-state index contributed by atoms with van der Waals surface area (Å²) in [7, 11) is 0. The lowest BCUT2D eigenvalue weighted by molar-refractivity contribution is -0.384. The number of nitrogens with zero attached hydrogens (tertiary/aromatic N) is 1. The summed E-state index contributed by atoms with van der Waals surface area (Å²) in [5.74, 6) is 0.161. The van der Waals surface area contributed by atoms with E-state index >= 15 is 0 Å². The molecule has 2 aromatic carbocycles. The van der Waals surface area contributed by atoms with E-state index in [0.29, 0.717) is 0 Å². The number of hydrogen-bond acceptors (Lipinski definition) is 3. The van der Waals surface area contributed by atoms with Crippen molar-refractivity contribution in [2.45, 2.75) is 12.8 Å². The fourth-order valence-electron chi connectivity index (χ4n) is 1.91. The molecule has 2 N–H and O–H groups in total. The molecule has 0 heterocycles. The molecule has 0 aromatic heterocycles. The van der Waals surface area contributed by atoms with Gasteiger partial charge in [0.05, 0.1) is 4.92 Å². The van der Waals surface area contributed by atoms with Gasteiger partial charge in [-0.25, -0.2) is 0 Å². The first-order chi connectivity index (χ1) is 8.58. The van der Waals surface area contributed by atoms with Crippen LogP contribution in [0.25, 0.3) is 0 Å². The van der Waals surface area contributed by atoms with Crippen molar-refractivity contribution < 1.29 is 4.92 Å². The van der Waals surface area contributed by atoms with E-state index in [2.05, 4.69) is 6.92 Å². The Morgan fingerprint density at radius 1 is 1.11 bits per heavy atom. The van der Waals surface area contributed by atoms with Crippen molar-refractivity contribution in [3.63, 3.8) is 0 Å². The first-order valence-corrected chi connectivity index (χ1v) is 5.67. The second kappa shape index (κ2) is 4.87. The summed E-state index contributed by atoms with van der Waals surface area (Å²) in [5.41, 5.74) is 8.72. The Bertz CT molecular complexity index is 564. The SMILES string of the molecule is CC(c1ccc([N+](=O)[O-])cc1)c1cccc(N)c1. The van der Waals surface area contributed by atoms with Gasteiger partial charge >= 0.3 is 0 Å². The number of nitro benzene ring substituents is 1. The monoisotopic (exact) mass is 242 g/mol. The summed E-state index contributed by atoms with van der Waals surface area (Å²) < 4.78 is 0. The van der Waals surface area contributed by atoms with Crippen molar-refractivity contribution in [2.75, 3.05) is 5.73 Å². The highest BCUT2D eigenvalue weighted by molar-refractivity contribution is 5.45. The predicted molar refractivity (Wildman–Crippen MR) is 71.5 cm³/mol. The number of anilines is 1. The van der Waals surface area contributed by atoms with E-state index in [1.807, 2.05) is 24.3 Å². The lowest BCUT2D eigenvalue weighted by atomic mass is 9.93. The molecular weight excluding hydrogens is 228 g/mol. The lowest BCUT2D eigenvalue weighted by Gasteiger charge is -2.12. The van der Waals surface area contributed by atoms with Crippen LogP contribution in [0.15, 0.2) is 48.5 Å². The maximum Gasteiger partial charge on any atom is 0.269 e. The van der Waals surface area contributed by atoms with Gasteiger partial charge in [0.2, 0.25) is 0 Å². The van der Waals surface area contributed by atoms with Gasteiger partial charge in [-0.3, -0.25) is 10.1 Å². The van der Waals surface area contributed by atoms with E-state index < -0.39 is 4.92 Å². The Hall–Kier alpha value is -2.36. The Labute approximate surface area is 105 Å². The molecular formula is C14H14N2O2. The quantitative estimate of drug-likeness (QED) is 0.510. The van der Waals surface area contributed by atoms with Gasteiger partial charge in [-0.05, 0) is 23.3 Å². The first kappa shape index (κ1) is 12.1. The van der Waals surface area contributed by atoms with Crippen LogP contribution in [0.2, 0.25) is 0 Å². The third kappa shape index (κ3) is 2.48. The third-order valence-electron chi connectivity index (χ3n) is 3.01. The van der Waals surface area contributed by atoms with Gasteiger partial charge in [0.25, 0.3) is 5.69 Å². The fraction of sp³-hybridized carbons (Fsp3) is 0.143. The van der Waals surface area contributed by atoms with Crippen LogP contribution in [0.5, 0.6) is 0 Å². The van der Waals surface area contributed by atoms with Gasteiger partial charge in [-0.1, -0.05) is 31.2 Å². The molecule has 2 aromatic rings. The summed E-state index contributed by atoms with van der Waals surface area (Å²) in [5, 5.41) is 10.6. The van der Waals surface area contributed by atoms with E-state index in [1.165, 1.54) is 12.1 Å². The van der Waals surface area contributed by atoms with E-state index in [1.54, 1.807) is 12.1 Å². The van der Waals surface area contributed by atoms with Crippen molar-refractivity contribution in [1.29, 1.82) is 0 Å². The largest absolute Gasteiger partial charge is 0.399 e. The summed E-state index contributed by atoms with van der Waals surface area (Å²) >= 11 is 0. The lowest BCUT2D eigenvalue weighted by Crippen LogP contribution is -1.97. The van der Waals surface area contributed by atoms with Gasteiger partial charge < -0.3 is 5.73 Å². The van der Waals surface area contributed by atoms with Gasteiger partial charge in [0.15, 0.2) is 0 Å². The Balaban J connectivity index is 2.28. The van der Waals surface area contributed by atoms with Crippen molar-refractivity contribution in [3.8, 4) is 0 Å². The minimum Gasteiger partial charge on any atom is -0.399 e. The fourth-order valence-corrected chi connectivity index (χ4v) is 1.91. The van der Waals surface area contributed by atoms with Crippen LogP contribution in [0, 0.1) is 10.1 Å². The van der Waals surface area contributed by atoms with Gasteiger partial charge in [0.1, 0.15) is 0 Å². The summed E-state index contributed by atoms with van der Waals surface area (Å²) in [6, 6.07) is 14.3. The minimum atomic E-state index is -0.394. The van der Waals surface area contributed by atoms with Crippen LogP contribution in [0.3, 0.4) is 0 Å². The smallest absolute Gasteiger partial charge is 0.269 e. The number of hydrogen-bond donors (Lipinski definition) is 1. The average Bonchev–Trinajstić information content (AvgIpc) is 2.38. The van der Waals surface area contributed by atoms with Crippen LogP contribution in [-0.4, -0.2) is 4.92 Å². The van der Waals surface area contributed by atoms with Crippen LogP contribution >= 0.6 is 0 Å². The zero-order valence-corrected chi connectivity index (χ0v) is 10.0. The van der Waals surface area contributed by atoms with Crippen molar-refractivity contribution >= 4 is 11.4 Å². The summed E-state index contributed by atoms with van der Waals surface area (Å²) in [4.78, 5) is 10.2. The highest BCUT2D eigenvalue weighted by Crippen LogP contribution is 2.26. The molecule has 18 heavy (non-hydrogen) atoms. The molecule has 0 spiro atoms. The number of nitrogens with two attached hydrogens (primary N) is 1. The molecule has 0 aliphatic carbocycles. The molecule has 92 valence electrons. The Morgan fingerprint density at radius 2 is 1.78 bits per heavy atom. The normalized spacial score (nSPS) is 12.1. The van der Waals surface area contributed by atoms with Gasteiger partial charge in [-0.15, -0.1) is 0 Å². The zero-order valence-electron chi connectivity index (χ0n) is 10.0. The number of nitro groups is 1. The van der Waals surface area contributed by atoms with Crippen molar-refractivity contribution in [2.24, 2.45) is 0 Å². The summed E-state index contributed by atoms with van der Waals surface area (Å²) in [6.07, 6.45) is 0. The summed E-state index contributed by atoms with van der Waals surface area (Å²) in [6.45, 7) is 2.05. The molecule has 4 nitrogen and oxygen atoms in total. The van der Waals surface area contributed by atoms with E-state index in [0.717, 1.165) is 16.8 Å². The second-order valence-corrected chi connectivity index (χ2v) is 4.24. The van der Waals surface area contributed by atoms with Crippen molar-refractivity contribution in [3.05, 3.63) is 69.8 Å². The number of nitrogen functional groups attached to an aromatic ring is 1. The molecule has 0 radical (unpaired) electrons. The standard InChI is InChI=1S/C14H14N2O2/c1-10(12-3-2-4-13(15)9-12)11-5-7-14(8-6-11)16(17)18/h2-10H,15H2,1H3. The maximum absolute atomic E-state index is 10.6. The maximum atomic E-state index is 10.6. The van der Waals surface area contributed by atoms with Crippen LogP contribution < -0.4 is 5.73 Å². The minimum absolute atomic E-state index is 0.110. The molecule has 4 heteroatoms. The van der Waals surface area contributed by atoms with Crippen LogP contribution in [-0.2, 0) is 0 Å². The van der Waals surface area contributed by atoms with E-state index in [-0.39, 0.29) is 11.6 Å². The predicted octanol–water partition coefficient (Wildman–Crippen LogP) is 3.33. The molecule has 2 rings (SSSR count). The van der Waals surface area contributed by atoms with Crippen LogP contribution in [0.1, 0.15) is 24.0 Å². The molecule has 0 aliphatic rings. The Kier molecular flexibility index (Phi) is 3.28. The molecule has 0 aliphatic heterocycles. The van der Waals surface area contributed by atoms with Crippen molar-refractivity contribution in [1.82, 2.24) is 0 Å². The number of benzene rings is 2. The first-order valence-electron chi connectivity index (χ1n) is 5.67.